The summed E-state index contributed by atoms with van der Waals surface area (Å²) in [5, 5.41) is 23.7. The third-order valence-corrected chi connectivity index (χ3v) is 6.53. The number of carbonyl (C=O) groups is 1. The summed E-state index contributed by atoms with van der Waals surface area (Å²) in [6.07, 6.45) is 0. The van der Waals surface area contributed by atoms with Gasteiger partial charge < -0.3 is 10.4 Å². The maximum absolute atomic E-state index is 12.7. The molecule has 0 spiro atoms. The second kappa shape index (κ2) is 11.5. The number of nitrogens with one attached hydrogen (secondary N) is 1. The Hall–Kier alpha value is -0.540. The van der Waals surface area contributed by atoms with Gasteiger partial charge in [0.05, 0.1) is 21.1 Å². The molecule has 0 fully saturated rings. The summed E-state index contributed by atoms with van der Waals surface area (Å²) >= 11 is 16.5. The van der Waals surface area contributed by atoms with Crippen molar-refractivity contribution in [1.29, 1.82) is 5.26 Å². The molecule has 31 heavy (non-hydrogen) atoms. The van der Waals surface area contributed by atoms with Gasteiger partial charge in [-0.05, 0) is 99.1 Å². The molecule has 0 saturated heterocycles. The number of nitrogens with zero attached hydrogens (tertiary/aromatic N) is 1. The number of aryl methyl sites for hydroxylation is 1. The van der Waals surface area contributed by atoms with E-state index in [0.717, 1.165) is 14.7 Å². The van der Waals surface area contributed by atoms with Gasteiger partial charge >= 0.3 is 0 Å². The Kier molecular flexibility index (Phi) is 9.95. The summed E-state index contributed by atoms with van der Waals surface area (Å²) in [6, 6.07) is 16.1. The van der Waals surface area contributed by atoms with Crippen molar-refractivity contribution in [3.05, 3.63) is 88.0 Å². The summed E-state index contributed by atoms with van der Waals surface area (Å²) in [6.45, 7) is 1.82. The molecular formula is C22H14Cl2I2N2NaO2. The maximum atomic E-state index is 12.7. The molecule has 3 aromatic carbocycles. The quantitative estimate of drug-likeness (QED) is 0.236. The molecular weight excluding hydrogens is 672 g/mol. The predicted molar refractivity (Wildman–Crippen MR) is 142 cm³/mol. The first-order valence-corrected chi connectivity index (χ1v) is 11.6. The van der Waals surface area contributed by atoms with E-state index in [9.17, 15) is 15.2 Å². The molecule has 153 valence electrons. The van der Waals surface area contributed by atoms with Crippen molar-refractivity contribution in [2.24, 2.45) is 0 Å². The van der Waals surface area contributed by atoms with Crippen LogP contribution < -0.4 is 5.32 Å². The molecule has 3 rings (SSSR count). The molecule has 0 aliphatic carbocycles. The number of hydrogen-bond acceptors (Lipinski definition) is 3. The topological polar surface area (TPSA) is 73.1 Å². The largest absolute Gasteiger partial charge is 0.506 e. The van der Waals surface area contributed by atoms with Gasteiger partial charge in [0.25, 0.3) is 5.91 Å². The number of phenols is 1. The Morgan fingerprint density at radius 1 is 1.13 bits per heavy atom. The molecule has 9 heteroatoms. The van der Waals surface area contributed by atoms with E-state index >= 15 is 0 Å². The molecule has 1 atom stereocenters. The van der Waals surface area contributed by atoms with Crippen molar-refractivity contribution in [2.75, 3.05) is 5.32 Å². The van der Waals surface area contributed by atoms with Crippen LogP contribution in [0.15, 0.2) is 48.5 Å². The molecule has 3 aromatic rings. The van der Waals surface area contributed by atoms with Crippen molar-refractivity contribution in [1.82, 2.24) is 0 Å². The number of rotatable bonds is 4. The average molecular weight is 686 g/mol. The van der Waals surface area contributed by atoms with E-state index in [4.69, 9.17) is 23.2 Å². The maximum Gasteiger partial charge on any atom is 0.259 e. The summed E-state index contributed by atoms with van der Waals surface area (Å²) in [7, 11) is 0. The summed E-state index contributed by atoms with van der Waals surface area (Å²) < 4.78 is 1.43. The first-order valence-electron chi connectivity index (χ1n) is 8.65. The van der Waals surface area contributed by atoms with Crippen molar-refractivity contribution in [3.63, 3.8) is 0 Å². The van der Waals surface area contributed by atoms with Crippen LogP contribution in [0.5, 0.6) is 5.75 Å². The Morgan fingerprint density at radius 2 is 1.77 bits per heavy atom. The van der Waals surface area contributed by atoms with Crippen molar-refractivity contribution >= 4 is 110 Å². The van der Waals surface area contributed by atoms with E-state index in [0.29, 0.717) is 24.9 Å². The van der Waals surface area contributed by atoms with Crippen LogP contribution in [-0.4, -0.2) is 40.6 Å². The number of benzene rings is 3. The van der Waals surface area contributed by atoms with Crippen LogP contribution in [-0.2, 0) is 0 Å². The molecule has 0 aromatic heterocycles. The zero-order chi connectivity index (χ0) is 22.0. The van der Waals surface area contributed by atoms with Gasteiger partial charge in [-0.3, -0.25) is 4.79 Å². The second-order valence-electron chi connectivity index (χ2n) is 6.54. The van der Waals surface area contributed by atoms with E-state index in [1.807, 2.05) is 29.5 Å². The second-order valence-corrected chi connectivity index (χ2v) is 9.79. The molecule has 1 radical (unpaired) electrons. The Morgan fingerprint density at radius 3 is 2.39 bits per heavy atom. The number of amides is 1. The Balaban J connectivity index is 0.00000341. The molecule has 0 saturated carbocycles. The van der Waals surface area contributed by atoms with Gasteiger partial charge in [-0.25, -0.2) is 0 Å². The number of hydrogen-bond donors (Lipinski definition) is 2. The number of phenolic OH excluding ortho intramolecular Hbond substituents is 1. The minimum absolute atomic E-state index is 0. The number of nitriles is 1. The van der Waals surface area contributed by atoms with Crippen LogP contribution in [0, 0.1) is 25.4 Å². The van der Waals surface area contributed by atoms with Crippen molar-refractivity contribution < 1.29 is 9.90 Å². The van der Waals surface area contributed by atoms with Gasteiger partial charge in [0.15, 0.2) is 0 Å². The molecule has 0 aliphatic heterocycles. The number of carbonyl (C=O) groups excluding carboxylic acids is 1. The summed E-state index contributed by atoms with van der Waals surface area (Å²) in [5.74, 6) is -1.08. The van der Waals surface area contributed by atoms with Gasteiger partial charge in [-0.1, -0.05) is 41.4 Å². The fraction of sp³-hybridized carbons (Fsp3) is 0.0909. The van der Waals surface area contributed by atoms with E-state index < -0.39 is 11.8 Å². The van der Waals surface area contributed by atoms with E-state index in [2.05, 4.69) is 34.0 Å². The Bertz CT molecular complexity index is 1180. The number of aromatic hydroxyl groups is 1. The molecule has 0 heterocycles. The fourth-order valence-electron chi connectivity index (χ4n) is 2.97. The minimum atomic E-state index is -0.570. The molecule has 4 nitrogen and oxygen atoms in total. The Labute approximate surface area is 239 Å². The van der Waals surface area contributed by atoms with Gasteiger partial charge in [0.2, 0.25) is 0 Å². The zero-order valence-corrected chi connectivity index (χ0v) is 24.3. The SMILES string of the molecule is Cc1cc(C(C#N)c2ccc(Cl)cc2)c(Cl)cc1NC(=O)c1cc(I)cc(I)c1O.[Na]. The first kappa shape index (κ1) is 26.7. The fourth-order valence-corrected chi connectivity index (χ4v) is 5.21. The van der Waals surface area contributed by atoms with Crippen LogP contribution >= 0.6 is 68.4 Å². The van der Waals surface area contributed by atoms with E-state index in [-0.39, 0.29) is 40.9 Å². The van der Waals surface area contributed by atoms with Crippen molar-refractivity contribution in [3.8, 4) is 11.8 Å². The van der Waals surface area contributed by atoms with E-state index in [1.165, 1.54) is 0 Å². The van der Waals surface area contributed by atoms with Crippen LogP contribution in [0.4, 0.5) is 5.69 Å². The van der Waals surface area contributed by atoms with E-state index in [1.54, 1.807) is 48.5 Å². The summed E-state index contributed by atoms with van der Waals surface area (Å²) in [5.41, 5.74) is 2.86. The van der Waals surface area contributed by atoms with Crippen LogP contribution in [0.2, 0.25) is 10.0 Å². The van der Waals surface area contributed by atoms with Crippen LogP contribution in [0.25, 0.3) is 0 Å². The number of halogens is 4. The van der Waals surface area contributed by atoms with Crippen LogP contribution in [0.3, 0.4) is 0 Å². The molecule has 1 unspecified atom stereocenters. The number of anilines is 1. The standard InChI is InChI=1S/C22H14Cl2I2N2O2.Na/c1-11-6-15(17(10-27)12-2-4-13(23)5-3-12)18(24)9-20(11)28-22(30)16-7-14(25)8-19(26)21(16)29;/h2-9,17,29H,1H3,(H,28,30);. The predicted octanol–water partition coefficient (Wildman–Crippen LogP) is 6.74. The van der Waals surface area contributed by atoms with Gasteiger partial charge in [-0.15, -0.1) is 0 Å². The zero-order valence-electron chi connectivity index (χ0n) is 16.5. The molecule has 0 aliphatic rings. The average Bonchev–Trinajstić information content (AvgIpc) is 2.70. The molecule has 0 bridgehead atoms. The first-order chi connectivity index (χ1) is 14.2. The normalized spacial score (nSPS) is 11.2. The molecule has 2 N–H and O–H groups in total. The third kappa shape index (κ3) is 6.28. The monoisotopic (exact) mass is 685 g/mol. The smallest absolute Gasteiger partial charge is 0.259 e. The van der Waals surface area contributed by atoms with Gasteiger partial charge in [-0.2, -0.15) is 5.26 Å². The minimum Gasteiger partial charge on any atom is -0.506 e. The summed E-state index contributed by atoms with van der Waals surface area (Å²) in [4.78, 5) is 12.7. The third-order valence-electron chi connectivity index (χ3n) is 4.51. The van der Waals surface area contributed by atoms with Gasteiger partial charge in [0.1, 0.15) is 5.75 Å². The van der Waals surface area contributed by atoms with Crippen LogP contribution in [0.1, 0.15) is 33.0 Å². The van der Waals surface area contributed by atoms with Crippen molar-refractivity contribution in [2.45, 2.75) is 12.8 Å². The van der Waals surface area contributed by atoms with Gasteiger partial charge in [0, 0.05) is 48.9 Å². The molecule has 1 amide bonds.